The molecule has 0 aromatic carbocycles. The van der Waals surface area contributed by atoms with Crippen molar-refractivity contribution in [3.05, 3.63) is 12.7 Å². The molecule has 0 bridgehead atoms. The van der Waals surface area contributed by atoms with Crippen LogP contribution in [0.4, 0.5) is 5.82 Å². The smallest absolute Gasteiger partial charge is 0.167 e. The fourth-order valence-corrected chi connectivity index (χ4v) is 2.51. The summed E-state index contributed by atoms with van der Waals surface area (Å²) in [6.45, 7) is -0.251. The van der Waals surface area contributed by atoms with E-state index in [1.54, 1.807) is 4.57 Å². The summed E-state index contributed by atoms with van der Waals surface area (Å²) in [5.41, 5.74) is 7.00. The van der Waals surface area contributed by atoms with Crippen molar-refractivity contribution in [2.24, 2.45) is 5.73 Å². The van der Waals surface area contributed by atoms with Gasteiger partial charge in [0.2, 0.25) is 0 Å². The monoisotopic (exact) mass is 294 g/mol. The molecule has 0 amide bonds. The number of aliphatic hydroxyl groups excluding tert-OH is 2. The van der Waals surface area contributed by atoms with Crippen molar-refractivity contribution in [1.29, 1.82) is 0 Å². The number of aliphatic hydroxyl groups is 2. The van der Waals surface area contributed by atoms with Gasteiger partial charge < -0.3 is 25.6 Å². The molecule has 9 heteroatoms. The van der Waals surface area contributed by atoms with Gasteiger partial charge in [-0.3, -0.25) is 4.57 Å². The number of rotatable bonds is 3. The Labute approximate surface area is 121 Å². The zero-order valence-electron chi connectivity index (χ0n) is 11.8. The fraction of sp³-hybridized carbons (Fsp3) is 0.583. The number of nitrogens with zero attached hydrogens (tertiary/aromatic N) is 5. The van der Waals surface area contributed by atoms with Crippen molar-refractivity contribution in [2.45, 2.75) is 24.5 Å². The van der Waals surface area contributed by atoms with Crippen molar-refractivity contribution in [3.8, 4) is 0 Å². The number of nitrogens with two attached hydrogens (primary N) is 1. The Morgan fingerprint density at radius 3 is 2.76 bits per heavy atom. The summed E-state index contributed by atoms with van der Waals surface area (Å²) in [6.07, 6.45) is 0.676. The minimum Gasteiger partial charge on any atom is -0.394 e. The molecule has 1 aliphatic rings. The first-order chi connectivity index (χ1) is 10.0. The highest BCUT2D eigenvalue weighted by Gasteiger charge is 2.42. The molecule has 3 rings (SSSR count). The van der Waals surface area contributed by atoms with Crippen molar-refractivity contribution < 1.29 is 14.9 Å². The second-order valence-corrected chi connectivity index (χ2v) is 5.23. The first-order valence-electron chi connectivity index (χ1n) is 6.59. The van der Waals surface area contributed by atoms with Crippen LogP contribution in [0.2, 0.25) is 0 Å². The highest BCUT2D eigenvalue weighted by atomic mass is 16.5. The van der Waals surface area contributed by atoms with Crippen LogP contribution in [-0.2, 0) is 4.74 Å². The van der Waals surface area contributed by atoms with E-state index >= 15 is 0 Å². The average molecular weight is 294 g/mol. The zero-order valence-corrected chi connectivity index (χ0v) is 11.8. The van der Waals surface area contributed by atoms with Crippen LogP contribution in [0.5, 0.6) is 0 Å². The number of hydrogen-bond donors (Lipinski definition) is 3. The molecule has 4 N–H and O–H groups in total. The third-order valence-electron chi connectivity index (χ3n) is 3.65. The van der Waals surface area contributed by atoms with Crippen molar-refractivity contribution >= 4 is 17.0 Å². The molecule has 0 aliphatic carbocycles. The van der Waals surface area contributed by atoms with E-state index in [4.69, 9.17) is 10.5 Å². The lowest BCUT2D eigenvalue weighted by molar-refractivity contribution is -0.0488. The quantitative estimate of drug-likeness (QED) is 0.623. The molecule has 114 valence electrons. The molecule has 2 unspecified atom stereocenters. The van der Waals surface area contributed by atoms with Crippen LogP contribution in [0.1, 0.15) is 6.23 Å². The largest absolute Gasteiger partial charge is 0.394 e. The first kappa shape index (κ1) is 14.1. The molecule has 2 aromatic heterocycles. The average Bonchev–Trinajstić information content (AvgIpc) is 3.01. The van der Waals surface area contributed by atoms with E-state index in [0.717, 1.165) is 0 Å². The minimum absolute atomic E-state index is 0.251. The van der Waals surface area contributed by atoms with Crippen molar-refractivity contribution in [2.75, 3.05) is 25.6 Å². The molecule has 9 nitrogen and oxygen atoms in total. The predicted octanol–water partition coefficient (Wildman–Crippen LogP) is -1.53. The normalized spacial score (nSPS) is 29.2. The molecule has 4 atom stereocenters. The molecule has 21 heavy (non-hydrogen) atoms. The molecule has 1 aliphatic heterocycles. The lowest BCUT2D eigenvalue weighted by Crippen LogP contribution is -2.41. The number of ether oxygens (including phenoxy) is 1. The topological polar surface area (TPSA) is 123 Å². The molecule has 1 fully saturated rings. The highest BCUT2D eigenvalue weighted by Crippen LogP contribution is 2.31. The second kappa shape index (κ2) is 5.19. The Kier molecular flexibility index (Phi) is 3.49. The molecule has 0 saturated carbocycles. The zero-order chi connectivity index (χ0) is 15.1. The van der Waals surface area contributed by atoms with Gasteiger partial charge in [0.1, 0.15) is 18.5 Å². The Morgan fingerprint density at radius 1 is 1.38 bits per heavy atom. The Balaban J connectivity index is 2.04. The van der Waals surface area contributed by atoms with E-state index in [0.29, 0.717) is 17.0 Å². The van der Waals surface area contributed by atoms with E-state index in [-0.39, 0.29) is 6.61 Å². The van der Waals surface area contributed by atoms with Crippen LogP contribution in [0.25, 0.3) is 11.2 Å². The van der Waals surface area contributed by atoms with Gasteiger partial charge in [-0.05, 0) is 0 Å². The van der Waals surface area contributed by atoms with Gasteiger partial charge in [-0.25, -0.2) is 15.0 Å². The Hall–Kier alpha value is -1.81. The lowest BCUT2D eigenvalue weighted by Gasteiger charge is -2.17. The van der Waals surface area contributed by atoms with E-state index in [2.05, 4.69) is 15.0 Å². The molecule has 0 spiro atoms. The molecular weight excluding hydrogens is 276 g/mol. The van der Waals surface area contributed by atoms with Gasteiger partial charge in [0.15, 0.2) is 23.2 Å². The van der Waals surface area contributed by atoms with Crippen LogP contribution in [-0.4, -0.2) is 68.7 Å². The summed E-state index contributed by atoms with van der Waals surface area (Å²) in [5.74, 6) is 0.675. The van der Waals surface area contributed by atoms with Gasteiger partial charge in [0, 0.05) is 14.1 Å². The standard InChI is InChI=1S/C12H18N6O3/c1-17(2)10-8-11(15-4-14-10)18(5-16-8)12-9(20)7(13)6(3-19)21-12/h4-7,9,12,19-20H,3,13H2,1-2H3/t6-,7?,9?,12-/m0/s1. The number of imidazole rings is 1. The summed E-state index contributed by atoms with van der Waals surface area (Å²) in [4.78, 5) is 14.5. The van der Waals surface area contributed by atoms with Gasteiger partial charge in [0.25, 0.3) is 0 Å². The van der Waals surface area contributed by atoms with Gasteiger partial charge in [-0.1, -0.05) is 0 Å². The highest BCUT2D eigenvalue weighted by molar-refractivity contribution is 5.83. The fourth-order valence-electron chi connectivity index (χ4n) is 2.51. The molecule has 2 aromatic rings. The number of hydrogen-bond acceptors (Lipinski definition) is 8. The number of aromatic nitrogens is 4. The van der Waals surface area contributed by atoms with Crippen LogP contribution in [0, 0.1) is 0 Å². The van der Waals surface area contributed by atoms with Gasteiger partial charge in [-0.15, -0.1) is 0 Å². The van der Waals surface area contributed by atoms with Gasteiger partial charge in [0.05, 0.1) is 19.0 Å². The summed E-state index contributed by atoms with van der Waals surface area (Å²) in [7, 11) is 3.72. The SMILES string of the molecule is CN(C)c1ncnc2c1ncn2[C@H]1O[C@@H](CO)C(N)C1O. The van der Waals surface area contributed by atoms with Crippen molar-refractivity contribution in [3.63, 3.8) is 0 Å². The summed E-state index contributed by atoms with van der Waals surface area (Å²) < 4.78 is 7.23. The summed E-state index contributed by atoms with van der Waals surface area (Å²) in [5, 5.41) is 19.4. The Morgan fingerprint density at radius 2 is 2.14 bits per heavy atom. The summed E-state index contributed by atoms with van der Waals surface area (Å²) in [6, 6.07) is -0.660. The van der Waals surface area contributed by atoms with Crippen molar-refractivity contribution in [1.82, 2.24) is 19.5 Å². The number of anilines is 1. The maximum atomic E-state index is 10.2. The maximum Gasteiger partial charge on any atom is 0.167 e. The Bertz CT molecular complexity index is 645. The maximum absolute atomic E-state index is 10.2. The first-order valence-corrected chi connectivity index (χ1v) is 6.59. The third-order valence-corrected chi connectivity index (χ3v) is 3.65. The van der Waals surface area contributed by atoms with Gasteiger partial charge >= 0.3 is 0 Å². The van der Waals surface area contributed by atoms with Crippen LogP contribution in [0.3, 0.4) is 0 Å². The third kappa shape index (κ3) is 2.14. The second-order valence-electron chi connectivity index (χ2n) is 5.23. The molecule has 0 radical (unpaired) electrons. The van der Waals surface area contributed by atoms with Crippen LogP contribution >= 0.6 is 0 Å². The van der Waals surface area contributed by atoms with E-state index < -0.39 is 24.5 Å². The molecule has 1 saturated heterocycles. The molecule has 3 heterocycles. The molecular formula is C12H18N6O3. The summed E-state index contributed by atoms with van der Waals surface area (Å²) >= 11 is 0. The van der Waals surface area contributed by atoms with E-state index in [1.807, 2.05) is 19.0 Å². The number of fused-ring (bicyclic) bond motifs is 1. The van der Waals surface area contributed by atoms with E-state index in [9.17, 15) is 10.2 Å². The predicted molar refractivity (Wildman–Crippen MR) is 74.6 cm³/mol. The minimum atomic E-state index is -0.947. The van der Waals surface area contributed by atoms with Crippen LogP contribution in [0.15, 0.2) is 12.7 Å². The lowest BCUT2D eigenvalue weighted by atomic mass is 10.1. The van der Waals surface area contributed by atoms with E-state index in [1.165, 1.54) is 12.7 Å². The van der Waals surface area contributed by atoms with Crippen LogP contribution < -0.4 is 10.6 Å². The van der Waals surface area contributed by atoms with Gasteiger partial charge in [-0.2, -0.15) is 0 Å².